The maximum Gasteiger partial charge on any atom is 0.244 e. The Hall–Kier alpha value is -2.10. The van der Waals surface area contributed by atoms with E-state index in [-0.39, 0.29) is 5.91 Å². The van der Waals surface area contributed by atoms with Crippen LogP contribution >= 0.6 is 11.6 Å². The molecule has 3 nitrogen and oxygen atoms in total. The molecule has 0 saturated heterocycles. The van der Waals surface area contributed by atoms with Gasteiger partial charge in [0.1, 0.15) is 0 Å². The Morgan fingerprint density at radius 1 is 1.09 bits per heavy atom. The van der Waals surface area contributed by atoms with Gasteiger partial charge in [0.25, 0.3) is 0 Å². The summed E-state index contributed by atoms with van der Waals surface area (Å²) in [6, 6.07) is 17.3. The smallest absolute Gasteiger partial charge is 0.244 e. The summed E-state index contributed by atoms with van der Waals surface area (Å²) in [6.07, 6.45) is 3.17. The molecule has 2 rings (SSSR count). The van der Waals surface area contributed by atoms with E-state index in [4.69, 9.17) is 16.3 Å². The van der Waals surface area contributed by atoms with E-state index in [1.54, 1.807) is 12.1 Å². The van der Waals surface area contributed by atoms with Gasteiger partial charge in [-0.15, -0.1) is 0 Å². The van der Waals surface area contributed by atoms with Crippen molar-refractivity contribution in [3.63, 3.8) is 0 Å². The molecule has 2 aromatic carbocycles. The fraction of sp³-hybridized carbons (Fsp3) is 0.167. The van der Waals surface area contributed by atoms with Gasteiger partial charge in [-0.2, -0.15) is 0 Å². The molecular weight excluding hydrogens is 298 g/mol. The number of carbonyl (C=O) groups excluding carboxylic acids is 1. The van der Waals surface area contributed by atoms with Gasteiger partial charge in [-0.3, -0.25) is 4.79 Å². The summed E-state index contributed by atoms with van der Waals surface area (Å²) in [6.45, 7) is 1.49. The highest BCUT2D eigenvalue weighted by atomic mass is 35.5. The molecule has 0 atom stereocenters. The Balaban J connectivity index is 1.65. The minimum atomic E-state index is -0.164. The van der Waals surface area contributed by atoms with Crippen LogP contribution in [0.5, 0.6) is 0 Å². The molecule has 0 spiro atoms. The van der Waals surface area contributed by atoms with Gasteiger partial charge in [-0.05, 0) is 23.3 Å². The number of hydrogen-bond donors (Lipinski definition) is 1. The van der Waals surface area contributed by atoms with E-state index >= 15 is 0 Å². The highest BCUT2D eigenvalue weighted by Crippen LogP contribution is 2.15. The zero-order valence-electron chi connectivity index (χ0n) is 12.2. The monoisotopic (exact) mass is 315 g/mol. The van der Waals surface area contributed by atoms with Crippen molar-refractivity contribution in [2.75, 3.05) is 13.2 Å². The minimum Gasteiger partial charge on any atom is -0.375 e. The second kappa shape index (κ2) is 9.03. The van der Waals surface area contributed by atoms with Gasteiger partial charge in [-0.1, -0.05) is 60.1 Å². The van der Waals surface area contributed by atoms with Gasteiger partial charge in [0, 0.05) is 17.6 Å². The fourth-order valence-corrected chi connectivity index (χ4v) is 2.04. The second-order valence-corrected chi connectivity index (χ2v) is 5.09. The number of nitrogens with one attached hydrogen (secondary N) is 1. The molecule has 4 heteroatoms. The molecule has 0 aliphatic heterocycles. The first-order valence-electron chi connectivity index (χ1n) is 7.08. The van der Waals surface area contributed by atoms with E-state index in [2.05, 4.69) is 5.32 Å². The van der Waals surface area contributed by atoms with Crippen LogP contribution in [0.25, 0.3) is 6.08 Å². The van der Waals surface area contributed by atoms with E-state index in [0.29, 0.717) is 24.8 Å². The standard InChI is InChI=1S/C18H18ClNO2/c19-17-9-5-4-8-16(17)10-11-18(21)20-12-13-22-14-15-6-2-1-3-7-15/h1-11H,12-14H2,(H,20,21)/b11-10+. The third kappa shape index (κ3) is 5.72. The van der Waals surface area contributed by atoms with Crippen LogP contribution in [-0.4, -0.2) is 19.1 Å². The Morgan fingerprint density at radius 2 is 1.82 bits per heavy atom. The molecule has 1 amide bonds. The van der Waals surface area contributed by atoms with Crippen LogP contribution in [0.4, 0.5) is 0 Å². The number of hydrogen-bond acceptors (Lipinski definition) is 2. The van der Waals surface area contributed by atoms with Crippen molar-refractivity contribution in [3.05, 3.63) is 76.8 Å². The predicted octanol–water partition coefficient (Wildman–Crippen LogP) is 3.69. The fourth-order valence-electron chi connectivity index (χ4n) is 1.85. The molecule has 1 N–H and O–H groups in total. The van der Waals surface area contributed by atoms with Gasteiger partial charge < -0.3 is 10.1 Å². The number of ether oxygens (including phenoxy) is 1. The summed E-state index contributed by atoms with van der Waals surface area (Å²) >= 11 is 6.01. The Morgan fingerprint density at radius 3 is 2.59 bits per heavy atom. The van der Waals surface area contributed by atoms with Gasteiger partial charge in [0.2, 0.25) is 5.91 Å². The minimum absolute atomic E-state index is 0.164. The molecule has 22 heavy (non-hydrogen) atoms. The first-order chi connectivity index (χ1) is 10.8. The number of benzene rings is 2. The van der Waals surface area contributed by atoms with Crippen molar-refractivity contribution in [2.45, 2.75) is 6.61 Å². The maximum atomic E-state index is 11.7. The lowest BCUT2D eigenvalue weighted by atomic mass is 10.2. The average molecular weight is 316 g/mol. The maximum absolute atomic E-state index is 11.7. The van der Waals surface area contributed by atoms with Crippen molar-refractivity contribution >= 4 is 23.6 Å². The Bertz CT molecular complexity index is 626. The summed E-state index contributed by atoms with van der Waals surface area (Å²) in [5, 5.41) is 3.39. The van der Waals surface area contributed by atoms with Gasteiger partial charge in [0.05, 0.1) is 13.2 Å². The van der Waals surface area contributed by atoms with Gasteiger partial charge in [-0.25, -0.2) is 0 Å². The molecule has 0 bridgehead atoms. The average Bonchev–Trinajstić information content (AvgIpc) is 2.55. The molecule has 0 unspecified atom stereocenters. The quantitative estimate of drug-likeness (QED) is 0.625. The first-order valence-corrected chi connectivity index (χ1v) is 7.45. The van der Waals surface area contributed by atoms with Gasteiger partial charge >= 0.3 is 0 Å². The molecule has 0 fully saturated rings. The lowest BCUT2D eigenvalue weighted by Gasteiger charge is -2.05. The Labute approximate surface area is 135 Å². The summed E-state index contributed by atoms with van der Waals surface area (Å²) in [7, 11) is 0. The van der Waals surface area contributed by atoms with Crippen LogP contribution in [0, 0.1) is 0 Å². The summed E-state index contributed by atoms with van der Waals surface area (Å²) in [5.74, 6) is -0.164. The molecule has 0 aliphatic rings. The molecule has 2 aromatic rings. The van der Waals surface area contributed by atoms with Crippen LogP contribution < -0.4 is 5.32 Å². The molecule has 0 aliphatic carbocycles. The van der Waals surface area contributed by atoms with Gasteiger partial charge in [0.15, 0.2) is 0 Å². The van der Waals surface area contributed by atoms with E-state index in [1.165, 1.54) is 6.08 Å². The molecule has 0 radical (unpaired) electrons. The molecular formula is C18H18ClNO2. The lowest BCUT2D eigenvalue weighted by molar-refractivity contribution is -0.116. The van der Waals surface area contributed by atoms with Crippen molar-refractivity contribution in [2.24, 2.45) is 0 Å². The topological polar surface area (TPSA) is 38.3 Å². The first kappa shape index (κ1) is 16.3. The van der Waals surface area contributed by atoms with Crippen molar-refractivity contribution in [1.82, 2.24) is 5.32 Å². The van der Waals surface area contributed by atoms with E-state index in [9.17, 15) is 4.79 Å². The summed E-state index contributed by atoms with van der Waals surface area (Å²) < 4.78 is 5.49. The zero-order chi connectivity index (χ0) is 15.6. The third-order valence-corrected chi connectivity index (χ3v) is 3.32. The number of amides is 1. The number of carbonyl (C=O) groups is 1. The third-order valence-electron chi connectivity index (χ3n) is 2.98. The molecule has 0 heterocycles. The highest BCUT2D eigenvalue weighted by Gasteiger charge is 1.98. The number of rotatable bonds is 7. The lowest BCUT2D eigenvalue weighted by Crippen LogP contribution is -2.25. The van der Waals surface area contributed by atoms with E-state index in [1.807, 2.05) is 48.5 Å². The second-order valence-electron chi connectivity index (χ2n) is 4.68. The van der Waals surface area contributed by atoms with Crippen molar-refractivity contribution in [3.8, 4) is 0 Å². The predicted molar refractivity (Wildman–Crippen MR) is 89.6 cm³/mol. The summed E-state index contributed by atoms with van der Waals surface area (Å²) in [4.78, 5) is 11.7. The van der Waals surface area contributed by atoms with E-state index < -0.39 is 0 Å². The van der Waals surface area contributed by atoms with Crippen LogP contribution in [0.3, 0.4) is 0 Å². The largest absolute Gasteiger partial charge is 0.375 e. The van der Waals surface area contributed by atoms with Crippen LogP contribution in [0.15, 0.2) is 60.7 Å². The summed E-state index contributed by atoms with van der Waals surface area (Å²) in [5.41, 5.74) is 1.94. The normalized spacial score (nSPS) is 10.8. The Kier molecular flexibility index (Phi) is 6.68. The van der Waals surface area contributed by atoms with Crippen molar-refractivity contribution < 1.29 is 9.53 Å². The van der Waals surface area contributed by atoms with Crippen LogP contribution in [0.1, 0.15) is 11.1 Å². The van der Waals surface area contributed by atoms with E-state index in [0.717, 1.165) is 11.1 Å². The zero-order valence-corrected chi connectivity index (χ0v) is 12.9. The molecule has 114 valence electrons. The highest BCUT2D eigenvalue weighted by molar-refractivity contribution is 6.32. The SMILES string of the molecule is O=C(/C=C/c1ccccc1Cl)NCCOCc1ccccc1. The van der Waals surface area contributed by atoms with Crippen LogP contribution in [-0.2, 0) is 16.1 Å². The molecule has 0 aromatic heterocycles. The van der Waals surface area contributed by atoms with Crippen molar-refractivity contribution in [1.29, 1.82) is 0 Å². The number of halogens is 1. The molecule has 0 saturated carbocycles. The van der Waals surface area contributed by atoms with Crippen LogP contribution in [0.2, 0.25) is 5.02 Å².